The van der Waals surface area contributed by atoms with Crippen LogP contribution in [0, 0.1) is 0 Å². The monoisotopic (exact) mass is 786 g/mol. The molecule has 59 heavy (non-hydrogen) atoms. The van der Waals surface area contributed by atoms with Crippen LogP contribution in [0.1, 0.15) is 28.5 Å². The Labute approximate surface area is 339 Å². The van der Waals surface area contributed by atoms with E-state index in [1.54, 1.807) is 14.2 Å². The first-order valence-electron chi connectivity index (χ1n) is 19.4. The highest BCUT2D eigenvalue weighted by molar-refractivity contribution is 6.25. The molecule has 10 heteroatoms. The number of hydrogen-bond acceptors (Lipinski definition) is 8. The molecule has 0 aliphatic carbocycles. The van der Waals surface area contributed by atoms with E-state index < -0.39 is 41.4 Å². The second-order valence-electron chi connectivity index (χ2n) is 14.6. The molecule has 1 aliphatic heterocycles. The molecule has 0 saturated carbocycles. The Balaban J connectivity index is 1.08. The van der Waals surface area contributed by atoms with Crippen molar-refractivity contribution in [2.24, 2.45) is 0 Å². The normalized spacial score (nSPS) is 18.1. The van der Waals surface area contributed by atoms with Crippen molar-refractivity contribution < 1.29 is 28.8 Å². The number of nitrogens with zero attached hydrogens (tertiary/aromatic N) is 1. The van der Waals surface area contributed by atoms with Crippen molar-refractivity contribution in [3.05, 3.63) is 201 Å². The molecule has 2 N–H and O–H groups in total. The summed E-state index contributed by atoms with van der Waals surface area (Å²) in [5.74, 6) is 1.37. The molecule has 7 aromatic carbocycles. The lowest BCUT2D eigenvalue weighted by atomic mass is 9.80. The zero-order chi connectivity index (χ0) is 40.5. The number of ether oxygens (including phenoxy) is 5. The quantitative estimate of drug-likeness (QED) is 0.0949. The van der Waals surface area contributed by atoms with Gasteiger partial charge in [0, 0.05) is 12.3 Å². The summed E-state index contributed by atoms with van der Waals surface area (Å²) < 4.78 is 32.4. The van der Waals surface area contributed by atoms with E-state index in [2.05, 4.69) is 47.4 Å². The summed E-state index contributed by atoms with van der Waals surface area (Å²) in [6.07, 6.45) is -2.97. The van der Waals surface area contributed by atoms with Gasteiger partial charge in [-0.15, -0.1) is 0 Å². The molecule has 0 unspecified atom stereocenters. The first-order chi connectivity index (χ1) is 28.9. The van der Waals surface area contributed by atoms with Crippen LogP contribution in [0.3, 0.4) is 0 Å². The molecule has 1 aromatic heterocycles. The average molecular weight is 787 g/mol. The topological polar surface area (TPSA) is 121 Å². The Morgan fingerprint density at radius 3 is 1.73 bits per heavy atom. The van der Waals surface area contributed by atoms with Crippen molar-refractivity contribution in [2.75, 3.05) is 20.8 Å². The average Bonchev–Trinajstić information content (AvgIpc) is 3.60. The Bertz CT molecular complexity index is 2790. The van der Waals surface area contributed by atoms with Crippen LogP contribution in [0.2, 0.25) is 0 Å². The van der Waals surface area contributed by atoms with Crippen molar-refractivity contribution in [1.29, 1.82) is 0 Å². The summed E-state index contributed by atoms with van der Waals surface area (Å²) in [7, 11) is 3.23. The maximum Gasteiger partial charge on any atom is 0.330 e. The van der Waals surface area contributed by atoms with E-state index in [4.69, 9.17) is 23.7 Å². The van der Waals surface area contributed by atoms with Crippen LogP contribution in [0.25, 0.3) is 32.3 Å². The molecule has 4 atom stereocenters. The molecular weight excluding hydrogens is 745 g/mol. The van der Waals surface area contributed by atoms with Crippen LogP contribution >= 0.6 is 0 Å². The van der Waals surface area contributed by atoms with Crippen LogP contribution in [-0.4, -0.2) is 53.8 Å². The number of aromatic nitrogens is 2. The van der Waals surface area contributed by atoms with E-state index in [0.29, 0.717) is 11.5 Å². The summed E-state index contributed by atoms with van der Waals surface area (Å²) in [6, 6.07) is 49.3. The Hall–Kier alpha value is -6.56. The predicted molar refractivity (Wildman–Crippen MR) is 227 cm³/mol. The molecule has 0 spiro atoms. The van der Waals surface area contributed by atoms with Gasteiger partial charge in [0.05, 0.1) is 27.4 Å². The van der Waals surface area contributed by atoms with Gasteiger partial charge >= 0.3 is 5.69 Å². The zero-order valence-corrected chi connectivity index (χ0v) is 32.5. The molecule has 2 heterocycles. The molecule has 0 amide bonds. The van der Waals surface area contributed by atoms with Crippen LogP contribution in [-0.2, 0) is 26.4 Å². The van der Waals surface area contributed by atoms with Crippen molar-refractivity contribution in [2.45, 2.75) is 36.7 Å². The van der Waals surface area contributed by atoms with Crippen molar-refractivity contribution >= 4 is 32.3 Å². The van der Waals surface area contributed by atoms with Gasteiger partial charge in [0.15, 0.2) is 6.23 Å². The lowest BCUT2D eigenvalue weighted by molar-refractivity contribution is -0.0991. The van der Waals surface area contributed by atoms with Crippen molar-refractivity contribution in [1.82, 2.24) is 9.55 Å². The van der Waals surface area contributed by atoms with Crippen molar-refractivity contribution in [3.63, 3.8) is 0 Å². The fourth-order valence-electron chi connectivity index (χ4n) is 8.41. The Morgan fingerprint density at radius 1 is 0.644 bits per heavy atom. The summed E-state index contributed by atoms with van der Waals surface area (Å²) in [5.41, 5.74) is 0.887. The van der Waals surface area contributed by atoms with Crippen LogP contribution in [0.4, 0.5) is 0 Å². The molecule has 0 bridgehead atoms. The first-order valence-corrected chi connectivity index (χ1v) is 19.4. The number of fused-ring (bicyclic) bond motifs is 6. The highest BCUT2D eigenvalue weighted by Gasteiger charge is 2.48. The van der Waals surface area contributed by atoms with E-state index >= 15 is 0 Å². The van der Waals surface area contributed by atoms with Gasteiger partial charge in [0.2, 0.25) is 0 Å². The summed E-state index contributed by atoms with van der Waals surface area (Å²) in [4.78, 5) is 27.7. The van der Waals surface area contributed by atoms with E-state index in [0.717, 1.165) is 49.2 Å². The number of benzene rings is 7. The number of rotatable bonds is 12. The van der Waals surface area contributed by atoms with Gasteiger partial charge in [0.25, 0.3) is 5.56 Å². The molecule has 10 nitrogen and oxygen atoms in total. The molecule has 1 fully saturated rings. The Morgan fingerprint density at radius 2 is 1.17 bits per heavy atom. The van der Waals surface area contributed by atoms with E-state index in [-0.39, 0.29) is 13.2 Å². The zero-order valence-electron chi connectivity index (χ0n) is 32.5. The second kappa shape index (κ2) is 16.0. The van der Waals surface area contributed by atoms with E-state index in [9.17, 15) is 14.7 Å². The van der Waals surface area contributed by atoms with Gasteiger partial charge in [0.1, 0.15) is 35.4 Å². The maximum absolute atomic E-state index is 13.3. The number of methoxy groups -OCH3 is 2. The van der Waals surface area contributed by atoms with Gasteiger partial charge in [-0.3, -0.25) is 14.3 Å². The highest BCUT2D eigenvalue weighted by atomic mass is 16.6. The SMILES string of the molecule is COc1ccc(C(OC[C@H]2O[C@@H](n3ccc(=O)[nH]c3=O)[C@H](OCc3ccc4c5ccccc5c5ccccc5c4c3)[C@@H]2O)(c2ccccc2)c2ccc(OC)cc2)cc1. The lowest BCUT2D eigenvalue weighted by Gasteiger charge is -2.37. The maximum atomic E-state index is 13.3. The fourth-order valence-corrected chi connectivity index (χ4v) is 8.41. The minimum absolute atomic E-state index is 0.107. The third-order valence-electron chi connectivity index (χ3n) is 11.3. The first kappa shape index (κ1) is 38.0. The van der Waals surface area contributed by atoms with Gasteiger partial charge in [-0.2, -0.15) is 0 Å². The summed E-state index contributed by atoms with van der Waals surface area (Å²) >= 11 is 0. The molecule has 0 radical (unpaired) electrons. The molecular formula is C49H42N2O8. The minimum Gasteiger partial charge on any atom is -0.497 e. The van der Waals surface area contributed by atoms with Crippen LogP contribution in [0.15, 0.2) is 167 Å². The van der Waals surface area contributed by atoms with Gasteiger partial charge in [-0.05, 0) is 84.9 Å². The van der Waals surface area contributed by atoms with E-state index in [1.165, 1.54) is 22.2 Å². The third-order valence-corrected chi connectivity index (χ3v) is 11.3. The van der Waals surface area contributed by atoms with Gasteiger partial charge in [-0.1, -0.05) is 115 Å². The number of aliphatic hydroxyl groups excluding tert-OH is 1. The van der Waals surface area contributed by atoms with Gasteiger partial charge in [-0.25, -0.2) is 4.79 Å². The Kier molecular flexibility index (Phi) is 10.3. The largest absolute Gasteiger partial charge is 0.497 e. The smallest absolute Gasteiger partial charge is 0.330 e. The van der Waals surface area contributed by atoms with Crippen LogP contribution < -0.4 is 20.7 Å². The number of nitrogens with one attached hydrogen (secondary N) is 1. The second-order valence-corrected chi connectivity index (χ2v) is 14.6. The van der Waals surface area contributed by atoms with E-state index in [1.807, 2.05) is 103 Å². The van der Waals surface area contributed by atoms with Crippen molar-refractivity contribution in [3.8, 4) is 11.5 Å². The standard InChI is InChI=1S/C49H42N2O8/c1-55-35-21-17-33(18-22-35)49(32-10-4-3-5-11-32,34-19-23-36(56-2)24-20-34)58-30-43-45(53)46(47(59-43)51-27-26-44(52)50-48(51)54)57-29-31-16-25-41-39-14-7-6-12-37(39)38-13-8-9-15-40(38)42(41)28-31/h3-28,43,45-47,53H,29-30H2,1-2H3,(H,50,52,54)/t43-,45-,46-,47-/m1/s1. The number of aromatic amines is 1. The molecule has 296 valence electrons. The molecule has 1 saturated heterocycles. The summed E-state index contributed by atoms with van der Waals surface area (Å²) in [6.45, 7) is -0.00632. The van der Waals surface area contributed by atoms with Gasteiger partial charge < -0.3 is 28.8 Å². The predicted octanol–water partition coefficient (Wildman–Crippen LogP) is 7.87. The number of aliphatic hydroxyl groups is 1. The fraction of sp³-hybridized carbons (Fsp3) is 0.184. The minimum atomic E-state index is -1.25. The molecule has 8 aromatic rings. The number of H-pyrrole nitrogens is 1. The third kappa shape index (κ3) is 6.96. The lowest BCUT2D eigenvalue weighted by Crippen LogP contribution is -2.41. The molecule has 9 rings (SSSR count). The summed E-state index contributed by atoms with van der Waals surface area (Å²) in [5, 5.41) is 19.0. The number of hydrogen-bond donors (Lipinski definition) is 2. The van der Waals surface area contributed by atoms with Crippen LogP contribution in [0.5, 0.6) is 11.5 Å². The highest BCUT2D eigenvalue weighted by Crippen LogP contribution is 2.43. The molecule has 1 aliphatic rings.